The van der Waals surface area contributed by atoms with Crippen molar-refractivity contribution in [3.63, 3.8) is 0 Å². The van der Waals surface area contributed by atoms with Crippen molar-refractivity contribution < 1.29 is 9.53 Å². The summed E-state index contributed by atoms with van der Waals surface area (Å²) < 4.78 is 5.33. The highest BCUT2D eigenvalue weighted by atomic mass is 16.5. The third-order valence-corrected chi connectivity index (χ3v) is 3.36. The van der Waals surface area contributed by atoms with Gasteiger partial charge in [0.2, 0.25) is 0 Å². The highest BCUT2D eigenvalue weighted by molar-refractivity contribution is 5.97. The molecule has 0 fully saturated rings. The SMILES string of the molecule is CC(Nc1cc2c(cc1N)OCC(=O)N2)c1ccncc1. The number of pyridine rings is 1. The van der Waals surface area contributed by atoms with Gasteiger partial charge in [-0.2, -0.15) is 0 Å². The summed E-state index contributed by atoms with van der Waals surface area (Å²) in [4.78, 5) is 15.4. The van der Waals surface area contributed by atoms with Gasteiger partial charge in [0, 0.05) is 24.5 Å². The fraction of sp³-hybridized carbons (Fsp3) is 0.200. The molecule has 6 heteroatoms. The van der Waals surface area contributed by atoms with Gasteiger partial charge in [0.25, 0.3) is 5.91 Å². The Labute approximate surface area is 122 Å². The number of anilines is 3. The number of nitrogens with zero attached hydrogens (tertiary/aromatic N) is 1. The molecule has 0 saturated carbocycles. The fourth-order valence-corrected chi connectivity index (χ4v) is 2.24. The number of carbonyl (C=O) groups excluding carboxylic acids is 1. The van der Waals surface area contributed by atoms with Crippen LogP contribution in [-0.4, -0.2) is 17.5 Å². The number of hydrogen-bond acceptors (Lipinski definition) is 5. The van der Waals surface area contributed by atoms with Crippen LogP contribution in [0.4, 0.5) is 17.1 Å². The minimum absolute atomic E-state index is 0.0205. The number of ether oxygens (including phenoxy) is 1. The third kappa shape index (κ3) is 2.74. The van der Waals surface area contributed by atoms with Crippen LogP contribution in [0.2, 0.25) is 0 Å². The number of rotatable bonds is 3. The second-order valence-corrected chi connectivity index (χ2v) is 4.92. The molecular weight excluding hydrogens is 268 g/mol. The molecule has 1 unspecified atom stereocenters. The largest absolute Gasteiger partial charge is 0.482 e. The predicted octanol–water partition coefficient (Wildman–Crippen LogP) is 2.17. The Balaban J connectivity index is 1.86. The summed E-state index contributed by atoms with van der Waals surface area (Å²) in [6.45, 7) is 2.05. The molecule has 1 amide bonds. The summed E-state index contributed by atoms with van der Waals surface area (Å²) >= 11 is 0. The van der Waals surface area contributed by atoms with E-state index >= 15 is 0 Å². The van der Waals surface area contributed by atoms with Crippen LogP contribution in [0, 0.1) is 0 Å². The van der Waals surface area contributed by atoms with Crippen LogP contribution in [0.3, 0.4) is 0 Å². The average molecular weight is 284 g/mol. The Bertz CT molecular complexity index is 673. The van der Waals surface area contributed by atoms with E-state index in [4.69, 9.17) is 10.5 Å². The van der Waals surface area contributed by atoms with Gasteiger partial charge in [0.15, 0.2) is 6.61 Å². The van der Waals surface area contributed by atoms with Gasteiger partial charge in [0.05, 0.1) is 17.1 Å². The highest BCUT2D eigenvalue weighted by Gasteiger charge is 2.18. The van der Waals surface area contributed by atoms with Crippen LogP contribution in [0.15, 0.2) is 36.7 Å². The predicted molar refractivity (Wildman–Crippen MR) is 81.3 cm³/mol. The third-order valence-electron chi connectivity index (χ3n) is 3.36. The van der Waals surface area contributed by atoms with Crippen molar-refractivity contribution >= 4 is 23.0 Å². The number of aromatic nitrogens is 1. The van der Waals surface area contributed by atoms with Crippen LogP contribution >= 0.6 is 0 Å². The number of nitrogens with two attached hydrogens (primary N) is 1. The molecule has 108 valence electrons. The van der Waals surface area contributed by atoms with Gasteiger partial charge in [-0.3, -0.25) is 9.78 Å². The summed E-state index contributed by atoms with van der Waals surface area (Å²) in [7, 11) is 0. The first-order valence-electron chi connectivity index (χ1n) is 6.66. The lowest BCUT2D eigenvalue weighted by Crippen LogP contribution is -2.25. The van der Waals surface area contributed by atoms with E-state index in [-0.39, 0.29) is 18.6 Å². The van der Waals surface area contributed by atoms with Crippen LogP contribution < -0.4 is 21.1 Å². The summed E-state index contributed by atoms with van der Waals surface area (Å²) in [6, 6.07) is 7.46. The molecule has 0 radical (unpaired) electrons. The topological polar surface area (TPSA) is 89.3 Å². The summed E-state index contributed by atoms with van der Waals surface area (Å²) in [5.41, 5.74) is 9.10. The van der Waals surface area contributed by atoms with Crippen LogP contribution in [0.1, 0.15) is 18.5 Å². The minimum Gasteiger partial charge on any atom is -0.482 e. The number of carbonyl (C=O) groups is 1. The molecule has 3 rings (SSSR count). The maximum absolute atomic E-state index is 11.4. The second kappa shape index (κ2) is 5.32. The summed E-state index contributed by atoms with van der Waals surface area (Å²) in [5.74, 6) is 0.426. The second-order valence-electron chi connectivity index (χ2n) is 4.92. The molecule has 1 aliphatic rings. The van der Waals surface area contributed by atoms with Gasteiger partial charge >= 0.3 is 0 Å². The van der Waals surface area contributed by atoms with Gasteiger partial charge in [-0.1, -0.05) is 0 Å². The summed E-state index contributed by atoms with van der Waals surface area (Å²) in [5, 5.41) is 6.10. The molecule has 1 aromatic carbocycles. The lowest BCUT2D eigenvalue weighted by atomic mass is 10.1. The average Bonchev–Trinajstić information content (AvgIpc) is 2.49. The Morgan fingerprint density at radius 3 is 2.90 bits per heavy atom. The zero-order valence-corrected chi connectivity index (χ0v) is 11.6. The van der Waals surface area contributed by atoms with Crippen LogP contribution in [0.25, 0.3) is 0 Å². The number of benzene rings is 1. The van der Waals surface area contributed by atoms with E-state index in [2.05, 4.69) is 15.6 Å². The number of amides is 1. The van der Waals surface area contributed by atoms with E-state index in [0.29, 0.717) is 17.1 Å². The van der Waals surface area contributed by atoms with Crippen molar-refractivity contribution in [2.24, 2.45) is 0 Å². The smallest absolute Gasteiger partial charge is 0.262 e. The fourth-order valence-electron chi connectivity index (χ4n) is 2.24. The van der Waals surface area contributed by atoms with Crippen molar-refractivity contribution in [1.29, 1.82) is 0 Å². The molecule has 4 N–H and O–H groups in total. The zero-order valence-electron chi connectivity index (χ0n) is 11.6. The lowest BCUT2D eigenvalue weighted by molar-refractivity contribution is -0.118. The molecule has 21 heavy (non-hydrogen) atoms. The van der Waals surface area contributed by atoms with Crippen molar-refractivity contribution in [1.82, 2.24) is 4.98 Å². The Morgan fingerprint density at radius 1 is 1.38 bits per heavy atom. The van der Waals surface area contributed by atoms with Crippen LogP contribution in [-0.2, 0) is 4.79 Å². The van der Waals surface area contributed by atoms with E-state index in [9.17, 15) is 4.79 Å². The highest BCUT2D eigenvalue weighted by Crippen LogP contribution is 2.36. The van der Waals surface area contributed by atoms with Crippen molar-refractivity contribution in [2.45, 2.75) is 13.0 Å². The van der Waals surface area contributed by atoms with Gasteiger partial charge < -0.3 is 21.1 Å². The normalized spacial score (nSPS) is 14.6. The first kappa shape index (κ1) is 13.2. The molecule has 6 nitrogen and oxygen atoms in total. The Morgan fingerprint density at radius 2 is 2.14 bits per heavy atom. The molecule has 0 saturated heterocycles. The zero-order chi connectivity index (χ0) is 14.8. The molecule has 0 spiro atoms. The monoisotopic (exact) mass is 284 g/mol. The van der Waals surface area contributed by atoms with E-state index < -0.39 is 0 Å². The number of fused-ring (bicyclic) bond motifs is 1. The van der Waals surface area contributed by atoms with Gasteiger partial charge in [-0.05, 0) is 30.7 Å². The molecule has 2 aromatic rings. The van der Waals surface area contributed by atoms with Crippen LogP contribution in [0.5, 0.6) is 5.75 Å². The molecule has 2 heterocycles. The Kier molecular flexibility index (Phi) is 3.35. The summed E-state index contributed by atoms with van der Waals surface area (Å²) in [6.07, 6.45) is 3.50. The first-order valence-corrected chi connectivity index (χ1v) is 6.66. The van der Waals surface area contributed by atoms with Crippen molar-refractivity contribution in [3.05, 3.63) is 42.2 Å². The molecule has 0 bridgehead atoms. The number of hydrogen-bond donors (Lipinski definition) is 3. The molecular formula is C15H16N4O2. The van der Waals surface area contributed by atoms with Crippen molar-refractivity contribution in [3.8, 4) is 5.75 Å². The minimum atomic E-state index is -0.166. The maximum atomic E-state index is 11.4. The van der Waals surface area contributed by atoms with Gasteiger partial charge in [0.1, 0.15) is 5.75 Å². The molecule has 1 aromatic heterocycles. The Hall–Kier alpha value is -2.76. The van der Waals surface area contributed by atoms with Crippen molar-refractivity contribution in [2.75, 3.05) is 23.0 Å². The van der Waals surface area contributed by atoms with E-state index in [1.807, 2.05) is 19.1 Å². The van der Waals surface area contributed by atoms with Gasteiger partial charge in [-0.25, -0.2) is 0 Å². The van der Waals surface area contributed by atoms with E-state index in [1.54, 1.807) is 24.5 Å². The standard InChI is InChI=1S/C15H16N4O2/c1-9(10-2-4-17-5-3-10)18-12-7-13-14(6-11(12)16)21-8-15(20)19-13/h2-7,9,18H,8,16H2,1H3,(H,19,20). The molecule has 1 aliphatic heterocycles. The maximum Gasteiger partial charge on any atom is 0.262 e. The quantitative estimate of drug-likeness (QED) is 0.752. The molecule has 1 atom stereocenters. The first-order chi connectivity index (χ1) is 10.1. The number of nitrogens with one attached hydrogen (secondary N) is 2. The number of nitrogen functional groups attached to an aromatic ring is 1. The van der Waals surface area contributed by atoms with E-state index in [0.717, 1.165) is 11.3 Å². The van der Waals surface area contributed by atoms with Gasteiger partial charge in [-0.15, -0.1) is 0 Å². The molecule has 0 aliphatic carbocycles. The lowest BCUT2D eigenvalue weighted by Gasteiger charge is -2.22. The van der Waals surface area contributed by atoms with E-state index in [1.165, 1.54) is 0 Å².